The summed E-state index contributed by atoms with van der Waals surface area (Å²) in [5.74, 6) is 0.256. The van der Waals surface area contributed by atoms with Crippen LogP contribution in [0.4, 0.5) is 0 Å². The van der Waals surface area contributed by atoms with Gasteiger partial charge < -0.3 is 0 Å². The van der Waals surface area contributed by atoms with Gasteiger partial charge >= 0.3 is 0 Å². The molecule has 2 aromatic heterocycles. The standard InChI is InChI=1S/C18H19N3O/c1-12(2)17(14-7-5-9-19-10-14)21-11-20-16-13(3)6-4-8-15(16)18(21)22/h4-12,17H,1-3H3/t17-/m1/s1. The van der Waals surface area contributed by atoms with Gasteiger partial charge in [0.15, 0.2) is 0 Å². The Kier molecular flexibility index (Phi) is 3.75. The van der Waals surface area contributed by atoms with E-state index in [0.29, 0.717) is 5.39 Å². The van der Waals surface area contributed by atoms with Gasteiger partial charge in [-0.05, 0) is 36.1 Å². The molecule has 0 amide bonds. The normalized spacial score (nSPS) is 12.7. The van der Waals surface area contributed by atoms with E-state index in [4.69, 9.17) is 0 Å². The number of pyridine rings is 1. The molecule has 0 aliphatic heterocycles. The lowest BCUT2D eigenvalue weighted by Crippen LogP contribution is -2.29. The monoisotopic (exact) mass is 293 g/mol. The number of fused-ring (bicyclic) bond motifs is 1. The molecule has 0 N–H and O–H groups in total. The lowest BCUT2D eigenvalue weighted by atomic mass is 9.97. The van der Waals surface area contributed by atoms with Crippen molar-refractivity contribution in [2.45, 2.75) is 26.8 Å². The van der Waals surface area contributed by atoms with Crippen molar-refractivity contribution < 1.29 is 0 Å². The van der Waals surface area contributed by atoms with Gasteiger partial charge in [0.2, 0.25) is 0 Å². The van der Waals surface area contributed by atoms with E-state index < -0.39 is 0 Å². The summed E-state index contributed by atoms with van der Waals surface area (Å²) < 4.78 is 1.73. The van der Waals surface area contributed by atoms with E-state index in [1.807, 2.05) is 43.5 Å². The number of hydrogen-bond acceptors (Lipinski definition) is 3. The number of nitrogens with zero attached hydrogens (tertiary/aromatic N) is 3. The van der Waals surface area contributed by atoms with Crippen LogP contribution < -0.4 is 5.56 Å². The molecule has 0 spiro atoms. The first-order chi connectivity index (χ1) is 10.6. The maximum Gasteiger partial charge on any atom is 0.261 e. The summed E-state index contributed by atoms with van der Waals surface area (Å²) in [6.45, 7) is 6.18. The average molecular weight is 293 g/mol. The SMILES string of the molecule is Cc1cccc2c(=O)n([C@@H](c3cccnc3)C(C)C)cnc12. The molecule has 0 aliphatic rings. The number of aromatic nitrogens is 3. The van der Waals surface area contributed by atoms with Crippen LogP contribution in [0.15, 0.2) is 53.8 Å². The molecule has 0 radical (unpaired) electrons. The summed E-state index contributed by atoms with van der Waals surface area (Å²) in [4.78, 5) is 21.6. The van der Waals surface area contributed by atoms with Gasteiger partial charge in [0.1, 0.15) is 0 Å². The smallest absolute Gasteiger partial charge is 0.261 e. The van der Waals surface area contributed by atoms with Gasteiger partial charge in [-0.2, -0.15) is 0 Å². The zero-order chi connectivity index (χ0) is 15.7. The lowest BCUT2D eigenvalue weighted by Gasteiger charge is -2.23. The molecule has 0 fully saturated rings. The van der Waals surface area contributed by atoms with E-state index in [1.165, 1.54) is 0 Å². The van der Waals surface area contributed by atoms with Gasteiger partial charge in [0.25, 0.3) is 5.56 Å². The zero-order valence-corrected chi connectivity index (χ0v) is 13.0. The molecule has 22 heavy (non-hydrogen) atoms. The van der Waals surface area contributed by atoms with Crippen molar-refractivity contribution in [2.75, 3.05) is 0 Å². The summed E-state index contributed by atoms with van der Waals surface area (Å²) in [6.07, 6.45) is 5.22. The first kappa shape index (κ1) is 14.4. The van der Waals surface area contributed by atoms with E-state index in [1.54, 1.807) is 17.1 Å². The highest BCUT2D eigenvalue weighted by Crippen LogP contribution is 2.25. The van der Waals surface area contributed by atoms with Crippen molar-refractivity contribution in [1.29, 1.82) is 0 Å². The molecular weight excluding hydrogens is 274 g/mol. The van der Waals surface area contributed by atoms with Gasteiger partial charge in [-0.15, -0.1) is 0 Å². The molecule has 3 rings (SSSR count). The van der Waals surface area contributed by atoms with Crippen LogP contribution in [0.3, 0.4) is 0 Å². The predicted molar refractivity (Wildman–Crippen MR) is 88.0 cm³/mol. The average Bonchev–Trinajstić information content (AvgIpc) is 2.51. The minimum atomic E-state index is -0.0707. The molecule has 0 saturated carbocycles. The fourth-order valence-corrected chi connectivity index (χ4v) is 2.93. The minimum absolute atomic E-state index is 0.00347. The molecule has 2 heterocycles. The Balaban J connectivity index is 2.24. The Morgan fingerprint density at radius 1 is 1.14 bits per heavy atom. The van der Waals surface area contributed by atoms with E-state index in [0.717, 1.165) is 16.6 Å². The Morgan fingerprint density at radius 2 is 1.95 bits per heavy atom. The van der Waals surface area contributed by atoms with Crippen molar-refractivity contribution in [3.63, 3.8) is 0 Å². The van der Waals surface area contributed by atoms with Crippen LogP contribution in [-0.4, -0.2) is 14.5 Å². The van der Waals surface area contributed by atoms with Crippen LogP contribution in [0.2, 0.25) is 0 Å². The third kappa shape index (κ3) is 2.41. The molecule has 112 valence electrons. The number of para-hydroxylation sites is 1. The van der Waals surface area contributed by atoms with E-state index in [9.17, 15) is 4.79 Å². The van der Waals surface area contributed by atoms with Crippen molar-refractivity contribution in [2.24, 2.45) is 5.92 Å². The second kappa shape index (κ2) is 5.72. The number of hydrogen-bond donors (Lipinski definition) is 0. The van der Waals surface area contributed by atoms with Crippen molar-refractivity contribution in [1.82, 2.24) is 14.5 Å². The molecular formula is C18H19N3O. The molecule has 0 saturated heterocycles. The highest BCUT2D eigenvalue weighted by atomic mass is 16.1. The molecule has 0 unspecified atom stereocenters. The van der Waals surface area contributed by atoms with Crippen LogP contribution >= 0.6 is 0 Å². The molecule has 3 aromatic rings. The summed E-state index contributed by atoms with van der Waals surface area (Å²) in [6, 6.07) is 9.55. The number of rotatable bonds is 3. The molecule has 4 nitrogen and oxygen atoms in total. The molecule has 4 heteroatoms. The number of benzene rings is 1. The molecule has 1 atom stereocenters. The first-order valence-corrected chi connectivity index (χ1v) is 7.46. The highest BCUT2D eigenvalue weighted by Gasteiger charge is 2.20. The summed E-state index contributed by atoms with van der Waals surface area (Å²) >= 11 is 0. The van der Waals surface area contributed by atoms with Crippen LogP contribution in [0.1, 0.15) is 31.0 Å². The first-order valence-electron chi connectivity index (χ1n) is 7.46. The van der Waals surface area contributed by atoms with Gasteiger partial charge in [0.05, 0.1) is 23.3 Å². The second-order valence-electron chi connectivity index (χ2n) is 5.90. The Morgan fingerprint density at radius 3 is 2.64 bits per heavy atom. The zero-order valence-electron chi connectivity index (χ0n) is 13.0. The summed E-state index contributed by atoms with van der Waals surface area (Å²) in [5, 5.41) is 0.664. The largest absolute Gasteiger partial charge is 0.291 e. The summed E-state index contributed by atoms with van der Waals surface area (Å²) in [7, 11) is 0. The lowest BCUT2D eigenvalue weighted by molar-refractivity contribution is 0.423. The maximum atomic E-state index is 12.9. The Labute approximate surface area is 129 Å². The fraction of sp³-hybridized carbons (Fsp3) is 0.278. The maximum absolute atomic E-state index is 12.9. The van der Waals surface area contributed by atoms with E-state index in [-0.39, 0.29) is 17.5 Å². The van der Waals surface area contributed by atoms with Crippen LogP contribution in [0.5, 0.6) is 0 Å². The third-order valence-electron chi connectivity index (χ3n) is 3.97. The highest BCUT2D eigenvalue weighted by molar-refractivity contribution is 5.80. The second-order valence-corrected chi connectivity index (χ2v) is 5.90. The van der Waals surface area contributed by atoms with Crippen molar-refractivity contribution in [3.05, 3.63) is 70.5 Å². The van der Waals surface area contributed by atoms with Gasteiger partial charge in [-0.1, -0.05) is 32.0 Å². The Bertz CT molecular complexity index is 853. The van der Waals surface area contributed by atoms with E-state index >= 15 is 0 Å². The summed E-state index contributed by atoms with van der Waals surface area (Å²) in [5.41, 5.74) is 2.81. The Hall–Kier alpha value is -2.49. The van der Waals surface area contributed by atoms with Crippen molar-refractivity contribution in [3.8, 4) is 0 Å². The number of aryl methyl sites for hydroxylation is 1. The molecule has 0 bridgehead atoms. The van der Waals surface area contributed by atoms with Gasteiger partial charge in [-0.3, -0.25) is 14.3 Å². The van der Waals surface area contributed by atoms with Crippen LogP contribution in [-0.2, 0) is 0 Å². The molecule has 0 aliphatic carbocycles. The van der Waals surface area contributed by atoms with Gasteiger partial charge in [-0.25, -0.2) is 4.98 Å². The topological polar surface area (TPSA) is 47.8 Å². The fourth-order valence-electron chi connectivity index (χ4n) is 2.93. The van der Waals surface area contributed by atoms with Gasteiger partial charge in [0, 0.05) is 12.4 Å². The van der Waals surface area contributed by atoms with E-state index in [2.05, 4.69) is 23.8 Å². The van der Waals surface area contributed by atoms with Crippen LogP contribution in [0, 0.1) is 12.8 Å². The quantitative estimate of drug-likeness (QED) is 0.744. The minimum Gasteiger partial charge on any atom is -0.291 e. The molecule has 1 aromatic carbocycles. The van der Waals surface area contributed by atoms with Crippen LogP contribution in [0.25, 0.3) is 10.9 Å². The van der Waals surface area contributed by atoms with Crippen molar-refractivity contribution >= 4 is 10.9 Å². The predicted octanol–water partition coefficient (Wildman–Crippen LogP) is 3.35. The third-order valence-corrected chi connectivity index (χ3v) is 3.97.